The van der Waals surface area contributed by atoms with E-state index in [-0.39, 0.29) is 11.2 Å². The Bertz CT molecular complexity index is 1300. The number of benzene rings is 2. The Hall–Kier alpha value is -3.94. The third-order valence-electron chi connectivity index (χ3n) is 3.85. The maximum absolute atomic E-state index is 10.9. The van der Waals surface area contributed by atoms with Crippen molar-refractivity contribution in [3.05, 3.63) is 85.9 Å². The number of rotatable bonds is 0. The van der Waals surface area contributed by atoms with Crippen molar-refractivity contribution in [2.24, 2.45) is 0 Å². The molecule has 0 spiro atoms. The standard InChI is InChI=1S/C13H9N.C5H4N4O3/c1-3-7-12-10(5-1)9-11-6-2-4-8-13(11)14-12;10-3-1-2(7-4(11)6-1)8-5(12)9-3/h1-9H;(H4,6,7,8,9,10,11,12). The molecule has 5 rings (SSSR count). The number of aromatic nitrogens is 5. The zero-order valence-corrected chi connectivity index (χ0v) is 13.4. The van der Waals surface area contributed by atoms with Crippen molar-refractivity contribution in [3.63, 3.8) is 0 Å². The van der Waals surface area contributed by atoms with E-state index in [0.29, 0.717) is 0 Å². The van der Waals surface area contributed by atoms with Crippen LogP contribution in [0.5, 0.6) is 0 Å². The lowest BCUT2D eigenvalue weighted by atomic mass is 10.1. The van der Waals surface area contributed by atoms with Crippen LogP contribution in [0.1, 0.15) is 0 Å². The van der Waals surface area contributed by atoms with Gasteiger partial charge in [0.25, 0.3) is 5.56 Å². The highest BCUT2D eigenvalue weighted by molar-refractivity contribution is 5.92. The number of pyridine rings is 1. The van der Waals surface area contributed by atoms with Gasteiger partial charge >= 0.3 is 11.4 Å². The van der Waals surface area contributed by atoms with Crippen LogP contribution < -0.4 is 16.9 Å². The van der Waals surface area contributed by atoms with E-state index < -0.39 is 16.9 Å². The van der Waals surface area contributed by atoms with Crippen LogP contribution in [-0.4, -0.2) is 24.9 Å². The summed E-state index contributed by atoms with van der Waals surface area (Å²) >= 11 is 0. The fraction of sp³-hybridized carbons (Fsp3) is 0. The average molecular weight is 347 g/mol. The number of nitrogens with one attached hydrogen (secondary N) is 4. The van der Waals surface area contributed by atoms with Crippen LogP contribution in [-0.2, 0) is 0 Å². The molecule has 0 aliphatic carbocycles. The molecular weight excluding hydrogens is 334 g/mol. The van der Waals surface area contributed by atoms with E-state index in [1.165, 1.54) is 10.8 Å². The van der Waals surface area contributed by atoms with Gasteiger partial charge in [-0.25, -0.2) is 14.6 Å². The van der Waals surface area contributed by atoms with E-state index in [2.05, 4.69) is 38.1 Å². The molecule has 0 fully saturated rings. The number of hydrogen-bond donors (Lipinski definition) is 4. The zero-order chi connectivity index (χ0) is 18.1. The highest BCUT2D eigenvalue weighted by Gasteiger charge is 2.02. The zero-order valence-electron chi connectivity index (χ0n) is 13.4. The molecule has 0 bridgehead atoms. The molecule has 0 unspecified atom stereocenters. The van der Waals surface area contributed by atoms with Crippen LogP contribution in [0.4, 0.5) is 0 Å². The van der Waals surface area contributed by atoms with Gasteiger partial charge in [0.1, 0.15) is 11.2 Å². The smallest absolute Gasteiger partial charge is 0.300 e. The summed E-state index contributed by atoms with van der Waals surface area (Å²) in [5.74, 6) is 0. The molecular formula is C18H13N5O3. The van der Waals surface area contributed by atoms with Crippen LogP contribution in [0.15, 0.2) is 69.0 Å². The topological polar surface area (TPSA) is 127 Å². The van der Waals surface area contributed by atoms with E-state index >= 15 is 0 Å². The summed E-state index contributed by atoms with van der Waals surface area (Å²) in [6, 6.07) is 18.6. The maximum atomic E-state index is 10.9. The van der Waals surface area contributed by atoms with Gasteiger partial charge in [0.15, 0.2) is 0 Å². The van der Waals surface area contributed by atoms with Crippen LogP contribution in [0, 0.1) is 0 Å². The molecule has 0 saturated carbocycles. The first kappa shape index (κ1) is 15.6. The molecule has 0 amide bonds. The number of hydrogen-bond acceptors (Lipinski definition) is 4. The molecule has 2 aromatic carbocycles. The summed E-state index contributed by atoms with van der Waals surface area (Å²) in [7, 11) is 0. The van der Waals surface area contributed by atoms with Crippen molar-refractivity contribution in [3.8, 4) is 0 Å². The Morgan fingerprint density at radius 1 is 0.654 bits per heavy atom. The molecule has 5 aromatic rings. The summed E-state index contributed by atoms with van der Waals surface area (Å²) in [5.41, 5.74) is 0.470. The van der Waals surface area contributed by atoms with E-state index in [1.54, 1.807) is 0 Å². The number of imidazole rings is 1. The van der Waals surface area contributed by atoms with Gasteiger partial charge in [-0.05, 0) is 18.2 Å². The van der Waals surface area contributed by atoms with E-state index in [4.69, 9.17) is 0 Å². The first-order valence-corrected chi connectivity index (χ1v) is 7.79. The molecule has 0 radical (unpaired) electrons. The monoisotopic (exact) mass is 347 g/mol. The number of fused-ring (bicyclic) bond motifs is 3. The van der Waals surface area contributed by atoms with Crippen molar-refractivity contribution in [2.75, 3.05) is 0 Å². The summed E-state index contributed by atoms with van der Waals surface area (Å²) in [6.45, 7) is 0. The molecule has 26 heavy (non-hydrogen) atoms. The fourth-order valence-corrected chi connectivity index (χ4v) is 2.68. The quantitative estimate of drug-likeness (QED) is 0.317. The SMILES string of the molecule is O=c1[nH]c(=O)c2[nH]c(=O)[nH]c2[nH]1.c1ccc2nc3ccccc3cc2c1. The third-order valence-corrected chi connectivity index (χ3v) is 3.85. The van der Waals surface area contributed by atoms with Gasteiger partial charge < -0.3 is 0 Å². The van der Waals surface area contributed by atoms with Crippen LogP contribution in [0.25, 0.3) is 33.0 Å². The number of para-hydroxylation sites is 2. The molecule has 3 heterocycles. The Morgan fingerprint density at radius 2 is 1.19 bits per heavy atom. The van der Waals surface area contributed by atoms with E-state index in [1.807, 2.05) is 41.4 Å². The number of aromatic amines is 4. The van der Waals surface area contributed by atoms with Crippen molar-refractivity contribution in [2.45, 2.75) is 0 Å². The van der Waals surface area contributed by atoms with Crippen LogP contribution >= 0.6 is 0 Å². The van der Waals surface area contributed by atoms with Gasteiger partial charge in [-0.3, -0.25) is 24.7 Å². The average Bonchev–Trinajstić information content (AvgIpc) is 3.01. The first-order chi connectivity index (χ1) is 12.6. The lowest BCUT2D eigenvalue weighted by Gasteiger charge is -1.99. The van der Waals surface area contributed by atoms with Gasteiger partial charge in [0, 0.05) is 10.8 Å². The molecule has 8 nitrogen and oxygen atoms in total. The second-order valence-corrected chi connectivity index (χ2v) is 5.61. The molecule has 0 aliphatic heterocycles. The Morgan fingerprint density at radius 3 is 1.81 bits per heavy atom. The Balaban J connectivity index is 0.000000131. The molecule has 128 valence electrons. The predicted octanol–water partition coefficient (Wildman–Crippen LogP) is 1.62. The third kappa shape index (κ3) is 2.91. The highest BCUT2D eigenvalue weighted by atomic mass is 16.2. The fourth-order valence-electron chi connectivity index (χ4n) is 2.68. The van der Waals surface area contributed by atoms with Gasteiger partial charge in [0.05, 0.1) is 11.0 Å². The van der Waals surface area contributed by atoms with Crippen LogP contribution in [0.3, 0.4) is 0 Å². The second-order valence-electron chi connectivity index (χ2n) is 5.61. The number of H-pyrrole nitrogens is 4. The molecule has 4 N–H and O–H groups in total. The van der Waals surface area contributed by atoms with Gasteiger partial charge in [0.2, 0.25) is 0 Å². The lowest BCUT2D eigenvalue weighted by molar-refractivity contribution is 1.07. The minimum atomic E-state index is -0.650. The van der Waals surface area contributed by atoms with Crippen molar-refractivity contribution >= 4 is 33.0 Å². The Kier molecular flexibility index (Phi) is 3.70. The van der Waals surface area contributed by atoms with E-state index in [0.717, 1.165) is 11.0 Å². The van der Waals surface area contributed by atoms with Crippen molar-refractivity contribution in [1.29, 1.82) is 0 Å². The molecule has 3 aromatic heterocycles. The summed E-state index contributed by atoms with van der Waals surface area (Å²) in [6.07, 6.45) is 0. The normalized spacial score (nSPS) is 10.8. The largest absolute Gasteiger partial charge is 0.327 e. The summed E-state index contributed by atoms with van der Waals surface area (Å²) in [5, 5.41) is 2.40. The first-order valence-electron chi connectivity index (χ1n) is 7.79. The Labute approximate surface area is 144 Å². The van der Waals surface area contributed by atoms with Crippen LogP contribution in [0.2, 0.25) is 0 Å². The van der Waals surface area contributed by atoms with Crippen molar-refractivity contribution in [1.82, 2.24) is 24.9 Å². The maximum Gasteiger partial charge on any atom is 0.327 e. The molecule has 0 aliphatic rings. The molecule has 0 atom stereocenters. The van der Waals surface area contributed by atoms with Gasteiger partial charge in [-0.15, -0.1) is 0 Å². The minimum Gasteiger partial charge on any atom is -0.300 e. The van der Waals surface area contributed by atoms with Gasteiger partial charge in [-0.2, -0.15) is 0 Å². The van der Waals surface area contributed by atoms with Gasteiger partial charge in [-0.1, -0.05) is 36.4 Å². The summed E-state index contributed by atoms with van der Waals surface area (Å²) in [4.78, 5) is 45.6. The highest BCUT2D eigenvalue weighted by Crippen LogP contribution is 2.18. The second kappa shape index (κ2) is 6.17. The predicted molar refractivity (Wildman–Crippen MR) is 99.4 cm³/mol. The lowest BCUT2D eigenvalue weighted by Crippen LogP contribution is -2.21. The minimum absolute atomic E-state index is 0.0413. The van der Waals surface area contributed by atoms with Crippen molar-refractivity contribution < 1.29 is 0 Å². The van der Waals surface area contributed by atoms with E-state index in [9.17, 15) is 14.4 Å². The summed E-state index contributed by atoms with van der Waals surface area (Å²) < 4.78 is 0. The molecule has 0 saturated heterocycles. The molecule has 8 heteroatoms. The number of nitrogens with zero attached hydrogens (tertiary/aromatic N) is 1.